The van der Waals surface area contributed by atoms with Crippen LogP contribution in [0.3, 0.4) is 0 Å². The first-order valence-electron chi connectivity index (χ1n) is 7.76. The van der Waals surface area contributed by atoms with E-state index >= 15 is 0 Å². The van der Waals surface area contributed by atoms with Crippen molar-refractivity contribution in [1.82, 2.24) is 9.88 Å². The predicted octanol–water partition coefficient (Wildman–Crippen LogP) is 2.44. The lowest BCUT2D eigenvalue weighted by Crippen LogP contribution is -2.49. The standard InChI is InChI=1S/C16H22N2O2S/c1-3-5-18-9-12(16(19)20-4-2)6-11-7-13-15(8-14(11)18)21-10-17-13/h6,10-11,14H,3-5,7-9H2,1-2H3/t11-,14-/m1/s1. The molecular weight excluding hydrogens is 284 g/mol. The topological polar surface area (TPSA) is 42.4 Å². The first-order valence-corrected chi connectivity index (χ1v) is 8.64. The molecule has 2 atom stereocenters. The molecule has 0 N–H and O–H groups in total. The molecule has 1 aliphatic heterocycles. The van der Waals surface area contributed by atoms with Crippen molar-refractivity contribution in [1.29, 1.82) is 0 Å². The van der Waals surface area contributed by atoms with Gasteiger partial charge in [0.2, 0.25) is 0 Å². The van der Waals surface area contributed by atoms with Crippen LogP contribution in [0, 0.1) is 5.92 Å². The summed E-state index contributed by atoms with van der Waals surface area (Å²) in [6.07, 6.45) is 5.27. The number of fused-ring (bicyclic) bond motifs is 2. The van der Waals surface area contributed by atoms with E-state index in [1.54, 1.807) is 11.3 Å². The summed E-state index contributed by atoms with van der Waals surface area (Å²) >= 11 is 1.77. The summed E-state index contributed by atoms with van der Waals surface area (Å²) < 4.78 is 5.19. The number of hydrogen-bond donors (Lipinski definition) is 0. The number of carbonyl (C=O) groups is 1. The van der Waals surface area contributed by atoms with E-state index in [1.165, 1.54) is 10.6 Å². The summed E-state index contributed by atoms with van der Waals surface area (Å²) in [6, 6.07) is 0.510. The number of aromatic nitrogens is 1. The molecule has 0 spiro atoms. The van der Waals surface area contributed by atoms with E-state index in [0.29, 0.717) is 18.6 Å². The Morgan fingerprint density at radius 2 is 2.33 bits per heavy atom. The lowest BCUT2D eigenvalue weighted by molar-refractivity contribution is -0.139. The molecule has 0 saturated heterocycles. The van der Waals surface area contributed by atoms with Crippen LogP contribution < -0.4 is 0 Å². The number of hydrogen-bond acceptors (Lipinski definition) is 5. The summed E-state index contributed by atoms with van der Waals surface area (Å²) in [5.74, 6) is 0.237. The Balaban J connectivity index is 1.87. The van der Waals surface area contributed by atoms with Gasteiger partial charge in [0, 0.05) is 23.0 Å². The van der Waals surface area contributed by atoms with Crippen LogP contribution in [0.15, 0.2) is 17.2 Å². The van der Waals surface area contributed by atoms with Gasteiger partial charge in [0.1, 0.15) is 0 Å². The largest absolute Gasteiger partial charge is 0.463 e. The average Bonchev–Trinajstić information content (AvgIpc) is 2.92. The molecule has 0 bridgehead atoms. The highest BCUT2D eigenvalue weighted by Crippen LogP contribution is 2.35. The minimum Gasteiger partial charge on any atom is -0.463 e. The zero-order valence-corrected chi connectivity index (χ0v) is 13.5. The highest BCUT2D eigenvalue weighted by Gasteiger charge is 2.37. The quantitative estimate of drug-likeness (QED) is 0.801. The van der Waals surface area contributed by atoms with E-state index in [9.17, 15) is 4.79 Å². The number of esters is 1. The molecule has 0 fully saturated rings. The van der Waals surface area contributed by atoms with Crippen LogP contribution in [0.5, 0.6) is 0 Å². The molecule has 4 nitrogen and oxygen atoms in total. The second kappa shape index (κ2) is 6.28. The second-order valence-electron chi connectivity index (χ2n) is 5.74. The van der Waals surface area contributed by atoms with Gasteiger partial charge in [0.15, 0.2) is 0 Å². The van der Waals surface area contributed by atoms with Gasteiger partial charge in [-0.2, -0.15) is 0 Å². The van der Waals surface area contributed by atoms with Crippen molar-refractivity contribution < 1.29 is 9.53 Å². The zero-order chi connectivity index (χ0) is 14.8. The van der Waals surface area contributed by atoms with Gasteiger partial charge >= 0.3 is 5.97 Å². The molecule has 0 saturated carbocycles. The highest BCUT2D eigenvalue weighted by atomic mass is 32.1. The van der Waals surface area contributed by atoms with Crippen molar-refractivity contribution in [3.05, 3.63) is 27.7 Å². The summed E-state index contributed by atoms with van der Waals surface area (Å²) in [5.41, 5.74) is 3.99. The smallest absolute Gasteiger partial charge is 0.335 e. The van der Waals surface area contributed by atoms with Crippen LogP contribution in [0.4, 0.5) is 0 Å². The Labute approximate surface area is 129 Å². The number of rotatable bonds is 4. The molecule has 0 amide bonds. The van der Waals surface area contributed by atoms with Crippen molar-refractivity contribution in [2.45, 2.75) is 39.2 Å². The summed E-state index contributed by atoms with van der Waals surface area (Å²) in [6.45, 7) is 6.25. The van der Waals surface area contributed by atoms with Gasteiger partial charge in [-0.1, -0.05) is 13.0 Å². The molecule has 1 aromatic rings. The van der Waals surface area contributed by atoms with E-state index in [0.717, 1.165) is 37.9 Å². The minimum absolute atomic E-state index is 0.152. The maximum atomic E-state index is 12.1. The first kappa shape index (κ1) is 14.7. The van der Waals surface area contributed by atoms with Crippen molar-refractivity contribution >= 4 is 17.3 Å². The zero-order valence-electron chi connectivity index (χ0n) is 12.7. The van der Waals surface area contributed by atoms with Crippen molar-refractivity contribution in [3.8, 4) is 0 Å². The van der Waals surface area contributed by atoms with Crippen molar-refractivity contribution in [2.24, 2.45) is 5.92 Å². The fourth-order valence-electron chi connectivity index (χ4n) is 3.43. The summed E-state index contributed by atoms with van der Waals surface area (Å²) in [7, 11) is 0. The molecule has 3 rings (SSSR count). The van der Waals surface area contributed by atoms with E-state index in [-0.39, 0.29) is 5.97 Å². The maximum Gasteiger partial charge on any atom is 0.335 e. The van der Waals surface area contributed by atoms with E-state index in [2.05, 4.69) is 22.9 Å². The van der Waals surface area contributed by atoms with Crippen molar-refractivity contribution in [3.63, 3.8) is 0 Å². The third-order valence-corrected chi connectivity index (χ3v) is 5.25. The first-order chi connectivity index (χ1) is 10.2. The van der Waals surface area contributed by atoms with Crippen molar-refractivity contribution in [2.75, 3.05) is 19.7 Å². The van der Waals surface area contributed by atoms with Crippen LogP contribution in [0.25, 0.3) is 0 Å². The van der Waals surface area contributed by atoms with Gasteiger partial charge in [-0.15, -0.1) is 11.3 Å². The monoisotopic (exact) mass is 306 g/mol. The SMILES string of the molecule is CCCN1CC(C(=O)OCC)=C[C@@H]2Cc3ncsc3C[C@H]21. The van der Waals surface area contributed by atoms with Gasteiger partial charge < -0.3 is 4.74 Å². The van der Waals surface area contributed by atoms with E-state index in [4.69, 9.17) is 4.74 Å². The Hall–Kier alpha value is -1.20. The Kier molecular flexibility index (Phi) is 4.40. The van der Waals surface area contributed by atoms with Gasteiger partial charge in [-0.3, -0.25) is 4.90 Å². The van der Waals surface area contributed by atoms with E-state index < -0.39 is 0 Å². The normalized spacial score (nSPS) is 25.0. The Morgan fingerprint density at radius 1 is 1.48 bits per heavy atom. The third kappa shape index (κ3) is 2.90. The van der Waals surface area contributed by atoms with Gasteiger partial charge in [-0.25, -0.2) is 9.78 Å². The number of thiazole rings is 1. The van der Waals surface area contributed by atoms with Gasteiger partial charge in [0.05, 0.1) is 17.8 Å². The predicted molar refractivity (Wildman–Crippen MR) is 83.4 cm³/mol. The Morgan fingerprint density at radius 3 is 3.10 bits per heavy atom. The lowest BCUT2D eigenvalue weighted by Gasteiger charge is -2.42. The number of nitrogens with zero attached hydrogens (tertiary/aromatic N) is 2. The highest BCUT2D eigenvalue weighted by molar-refractivity contribution is 7.09. The second-order valence-corrected chi connectivity index (χ2v) is 6.68. The lowest BCUT2D eigenvalue weighted by atomic mass is 9.81. The molecule has 0 aromatic carbocycles. The Bertz CT molecular complexity index is 552. The van der Waals surface area contributed by atoms with E-state index in [1.807, 2.05) is 12.4 Å². The molecular formula is C16H22N2O2S. The van der Waals surface area contributed by atoms with Crippen LogP contribution in [0.1, 0.15) is 30.8 Å². The molecule has 21 heavy (non-hydrogen) atoms. The average molecular weight is 306 g/mol. The molecule has 0 radical (unpaired) electrons. The van der Waals surface area contributed by atoms with Gasteiger partial charge in [-0.05, 0) is 38.6 Å². The third-order valence-electron chi connectivity index (χ3n) is 4.35. The van der Waals surface area contributed by atoms with Crippen LogP contribution in [0.2, 0.25) is 0 Å². The maximum absolute atomic E-state index is 12.1. The van der Waals surface area contributed by atoms with Crippen LogP contribution in [-0.4, -0.2) is 41.6 Å². The molecule has 1 aliphatic carbocycles. The minimum atomic E-state index is -0.152. The number of ether oxygens (including phenoxy) is 1. The molecule has 2 aliphatic rings. The molecule has 114 valence electrons. The number of carbonyl (C=O) groups excluding carboxylic acids is 1. The fraction of sp³-hybridized carbons (Fsp3) is 0.625. The molecule has 5 heteroatoms. The molecule has 0 unspecified atom stereocenters. The van der Waals surface area contributed by atoms with Crippen LogP contribution in [-0.2, 0) is 22.4 Å². The fourth-order valence-corrected chi connectivity index (χ4v) is 4.28. The molecule has 2 heterocycles. The van der Waals surface area contributed by atoms with Crippen LogP contribution >= 0.6 is 11.3 Å². The summed E-state index contributed by atoms with van der Waals surface area (Å²) in [5, 5.41) is 0. The summed E-state index contributed by atoms with van der Waals surface area (Å²) in [4.78, 5) is 20.4. The molecule has 1 aromatic heterocycles. The van der Waals surface area contributed by atoms with Gasteiger partial charge in [0.25, 0.3) is 0 Å².